The number of para-hydroxylation sites is 2. The van der Waals surface area contributed by atoms with Crippen LogP contribution in [0.15, 0.2) is 66.7 Å². The van der Waals surface area contributed by atoms with E-state index in [2.05, 4.69) is 22.0 Å². The molecule has 0 heterocycles. The fourth-order valence-electron chi connectivity index (χ4n) is 2.90. The lowest BCUT2D eigenvalue weighted by Gasteiger charge is -2.17. The summed E-state index contributed by atoms with van der Waals surface area (Å²) in [5.74, 6) is -0.363. The predicted octanol–water partition coefficient (Wildman–Crippen LogP) is 4.89. The van der Waals surface area contributed by atoms with Crippen LogP contribution in [0.4, 0.5) is 22.7 Å². The van der Waals surface area contributed by atoms with Gasteiger partial charge in [0.15, 0.2) is 0 Å². The zero-order valence-corrected chi connectivity index (χ0v) is 16.1. The molecule has 0 saturated heterocycles. The minimum absolute atomic E-state index is 0.169. The van der Waals surface area contributed by atoms with Crippen molar-refractivity contribution < 1.29 is 9.59 Å². The van der Waals surface area contributed by atoms with Crippen LogP contribution in [-0.2, 0) is 9.59 Å². The summed E-state index contributed by atoms with van der Waals surface area (Å²) in [6.07, 6.45) is 0. The van der Waals surface area contributed by atoms with E-state index < -0.39 is 0 Å². The molecule has 3 aromatic carbocycles. The van der Waals surface area contributed by atoms with Gasteiger partial charge in [0.25, 0.3) is 0 Å². The molecular weight excluding hydrogens is 364 g/mol. The summed E-state index contributed by atoms with van der Waals surface area (Å²) in [4.78, 5) is 23.2. The number of nitrogens with zero attached hydrogens (tertiary/aromatic N) is 1. The molecule has 0 unspecified atom stereocenters. The van der Waals surface area contributed by atoms with Crippen molar-refractivity contribution >= 4 is 34.6 Å². The molecule has 0 aliphatic rings. The number of hydrogen-bond donors (Lipinski definition) is 3. The first-order valence-electron chi connectivity index (χ1n) is 9.02. The maximum atomic E-state index is 11.7. The number of carbonyl (C=O) groups is 2. The summed E-state index contributed by atoms with van der Waals surface area (Å²) in [6, 6.07) is 22.3. The van der Waals surface area contributed by atoms with Crippen LogP contribution in [-0.4, -0.2) is 11.8 Å². The third-order valence-electron chi connectivity index (χ3n) is 4.18. The molecule has 0 fully saturated rings. The number of amides is 2. The van der Waals surface area contributed by atoms with Crippen molar-refractivity contribution in [2.24, 2.45) is 0 Å². The third kappa shape index (κ3) is 4.99. The average Bonchev–Trinajstić information content (AvgIpc) is 2.70. The molecule has 6 heteroatoms. The van der Waals surface area contributed by atoms with Gasteiger partial charge in [-0.05, 0) is 47.5 Å². The van der Waals surface area contributed by atoms with Crippen LogP contribution in [0.3, 0.4) is 0 Å². The van der Waals surface area contributed by atoms with Gasteiger partial charge in [0.2, 0.25) is 11.8 Å². The van der Waals surface area contributed by atoms with Gasteiger partial charge in [-0.15, -0.1) is 0 Å². The van der Waals surface area contributed by atoms with Gasteiger partial charge in [-0.3, -0.25) is 9.59 Å². The van der Waals surface area contributed by atoms with Crippen molar-refractivity contribution in [2.45, 2.75) is 13.8 Å². The maximum absolute atomic E-state index is 11.7. The summed E-state index contributed by atoms with van der Waals surface area (Å²) >= 11 is 0. The fourth-order valence-corrected chi connectivity index (χ4v) is 2.90. The SMILES string of the molecule is CC(=O)Nc1ccccc1Nc1ccc(-c2ccc(C#N)cc2)cc1NC(C)=O. The van der Waals surface area contributed by atoms with Crippen LogP contribution < -0.4 is 16.0 Å². The van der Waals surface area contributed by atoms with Gasteiger partial charge in [0, 0.05) is 13.8 Å². The van der Waals surface area contributed by atoms with Crippen LogP contribution in [0.1, 0.15) is 19.4 Å². The topological polar surface area (TPSA) is 94.0 Å². The molecule has 0 aromatic heterocycles. The lowest BCUT2D eigenvalue weighted by Crippen LogP contribution is -2.10. The molecule has 0 atom stereocenters. The van der Waals surface area contributed by atoms with E-state index in [9.17, 15) is 9.59 Å². The minimum Gasteiger partial charge on any atom is -0.352 e. The summed E-state index contributed by atoms with van der Waals surface area (Å²) in [6.45, 7) is 2.90. The Morgan fingerprint density at radius 2 is 1.28 bits per heavy atom. The summed E-state index contributed by atoms with van der Waals surface area (Å²) < 4.78 is 0. The zero-order valence-electron chi connectivity index (χ0n) is 16.1. The van der Waals surface area contributed by atoms with Gasteiger partial charge in [0.05, 0.1) is 34.4 Å². The second kappa shape index (κ2) is 8.72. The molecule has 0 spiro atoms. The van der Waals surface area contributed by atoms with E-state index in [-0.39, 0.29) is 11.8 Å². The molecule has 0 bridgehead atoms. The Hall–Kier alpha value is -4.11. The fraction of sp³-hybridized carbons (Fsp3) is 0.0870. The molecule has 6 nitrogen and oxygen atoms in total. The smallest absolute Gasteiger partial charge is 0.221 e. The molecule has 29 heavy (non-hydrogen) atoms. The van der Waals surface area contributed by atoms with Gasteiger partial charge in [-0.25, -0.2) is 0 Å². The van der Waals surface area contributed by atoms with Gasteiger partial charge < -0.3 is 16.0 Å². The van der Waals surface area contributed by atoms with E-state index in [1.54, 1.807) is 18.2 Å². The van der Waals surface area contributed by atoms with Crippen LogP contribution in [0, 0.1) is 11.3 Å². The van der Waals surface area contributed by atoms with E-state index in [0.717, 1.165) is 11.1 Å². The van der Waals surface area contributed by atoms with Crippen molar-refractivity contribution in [3.8, 4) is 17.2 Å². The number of hydrogen-bond acceptors (Lipinski definition) is 4. The second-order valence-electron chi connectivity index (χ2n) is 6.48. The molecule has 0 saturated carbocycles. The van der Waals surface area contributed by atoms with Crippen molar-refractivity contribution in [3.63, 3.8) is 0 Å². The molecule has 0 aliphatic carbocycles. The predicted molar refractivity (Wildman–Crippen MR) is 115 cm³/mol. The molecule has 3 rings (SSSR count). The molecule has 2 amide bonds. The van der Waals surface area contributed by atoms with Crippen LogP contribution in [0.5, 0.6) is 0 Å². The van der Waals surface area contributed by atoms with Crippen molar-refractivity contribution in [2.75, 3.05) is 16.0 Å². The van der Waals surface area contributed by atoms with Crippen molar-refractivity contribution in [3.05, 3.63) is 72.3 Å². The monoisotopic (exact) mass is 384 g/mol. The lowest BCUT2D eigenvalue weighted by atomic mass is 10.0. The lowest BCUT2D eigenvalue weighted by molar-refractivity contribution is -0.115. The highest BCUT2D eigenvalue weighted by atomic mass is 16.2. The number of anilines is 4. The Morgan fingerprint density at radius 1 is 0.724 bits per heavy atom. The van der Waals surface area contributed by atoms with Gasteiger partial charge in [-0.2, -0.15) is 5.26 Å². The molecule has 3 aromatic rings. The highest BCUT2D eigenvalue weighted by Crippen LogP contribution is 2.33. The van der Waals surface area contributed by atoms with E-state index in [4.69, 9.17) is 5.26 Å². The van der Waals surface area contributed by atoms with Crippen LogP contribution >= 0.6 is 0 Å². The first-order valence-corrected chi connectivity index (χ1v) is 9.02. The van der Waals surface area contributed by atoms with E-state index in [1.165, 1.54) is 13.8 Å². The standard InChI is InChI=1S/C23H20N4O2/c1-15(28)25-20-5-3-4-6-21(20)27-22-12-11-19(13-23(22)26-16(2)29)18-9-7-17(14-24)8-10-18/h3-13,27H,1-2H3,(H,25,28)(H,26,29). The molecule has 0 aliphatic heterocycles. The molecule has 144 valence electrons. The third-order valence-corrected chi connectivity index (χ3v) is 4.18. The van der Waals surface area contributed by atoms with Gasteiger partial charge >= 0.3 is 0 Å². The number of nitrogens with one attached hydrogen (secondary N) is 3. The summed E-state index contributed by atoms with van der Waals surface area (Å²) in [5.41, 5.74) is 5.07. The average molecular weight is 384 g/mol. The number of benzene rings is 3. The Bertz CT molecular complexity index is 1100. The Morgan fingerprint density at radius 3 is 1.90 bits per heavy atom. The minimum atomic E-state index is -0.194. The Kier molecular flexibility index (Phi) is 5.91. The van der Waals surface area contributed by atoms with E-state index in [0.29, 0.717) is 28.3 Å². The molecule has 3 N–H and O–H groups in total. The first kappa shape index (κ1) is 19.6. The highest BCUT2D eigenvalue weighted by molar-refractivity contribution is 5.97. The second-order valence-corrected chi connectivity index (χ2v) is 6.48. The van der Waals surface area contributed by atoms with Crippen LogP contribution in [0.25, 0.3) is 11.1 Å². The first-order chi connectivity index (χ1) is 14.0. The summed E-state index contributed by atoms with van der Waals surface area (Å²) in [5, 5.41) is 17.9. The van der Waals surface area contributed by atoms with Crippen LogP contribution in [0.2, 0.25) is 0 Å². The van der Waals surface area contributed by atoms with E-state index in [1.807, 2.05) is 48.5 Å². The van der Waals surface area contributed by atoms with Gasteiger partial charge in [0.1, 0.15) is 0 Å². The van der Waals surface area contributed by atoms with Gasteiger partial charge in [-0.1, -0.05) is 30.3 Å². The maximum Gasteiger partial charge on any atom is 0.221 e. The Balaban J connectivity index is 1.98. The normalized spacial score (nSPS) is 9.97. The molecular formula is C23H20N4O2. The number of nitriles is 1. The number of carbonyl (C=O) groups excluding carboxylic acids is 2. The van der Waals surface area contributed by atoms with Crippen molar-refractivity contribution in [1.29, 1.82) is 5.26 Å². The zero-order chi connectivity index (χ0) is 20.8. The molecule has 0 radical (unpaired) electrons. The number of rotatable bonds is 5. The Labute approximate surface area is 169 Å². The highest BCUT2D eigenvalue weighted by Gasteiger charge is 2.10. The largest absolute Gasteiger partial charge is 0.352 e. The van der Waals surface area contributed by atoms with Crippen molar-refractivity contribution in [1.82, 2.24) is 0 Å². The summed E-state index contributed by atoms with van der Waals surface area (Å²) in [7, 11) is 0. The quantitative estimate of drug-likeness (QED) is 0.584. The van der Waals surface area contributed by atoms with E-state index >= 15 is 0 Å².